The lowest BCUT2D eigenvalue weighted by Crippen LogP contribution is -2.31. The van der Waals surface area contributed by atoms with Crippen molar-refractivity contribution in [2.24, 2.45) is 0 Å². The molecule has 0 bridgehead atoms. The van der Waals surface area contributed by atoms with Crippen LogP contribution in [0.25, 0.3) is 10.9 Å². The number of amides is 1. The fraction of sp³-hybridized carbons (Fsp3) is 0.474. The molecule has 1 aromatic carbocycles. The van der Waals surface area contributed by atoms with Crippen molar-refractivity contribution in [1.82, 2.24) is 9.88 Å². The van der Waals surface area contributed by atoms with E-state index in [1.54, 1.807) is 19.1 Å². The summed E-state index contributed by atoms with van der Waals surface area (Å²) in [5.74, 6) is 1.35. The molecule has 1 aliphatic rings. The number of aryl methyl sites for hydroxylation is 2. The number of aromatic nitrogens is 1. The van der Waals surface area contributed by atoms with Gasteiger partial charge < -0.3 is 19.1 Å². The number of pyridine rings is 1. The molecule has 2 aromatic rings. The molecular weight excluding hydrogens is 320 g/mol. The van der Waals surface area contributed by atoms with E-state index in [9.17, 15) is 4.79 Å². The minimum absolute atomic E-state index is 0.262. The van der Waals surface area contributed by atoms with Crippen LogP contribution in [0.3, 0.4) is 0 Å². The number of fused-ring (bicyclic) bond motifs is 2. The van der Waals surface area contributed by atoms with Gasteiger partial charge in [0, 0.05) is 23.7 Å². The highest BCUT2D eigenvalue weighted by Crippen LogP contribution is 2.35. The lowest BCUT2D eigenvalue weighted by Gasteiger charge is -2.21. The number of methoxy groups -OCH3 is 2. The Morgan fingerprint density at radius 2 is 1.96 bits per heavy atom. The molecule has 0 saturated carbocycles. The van der Waals surface area contributed by atoms with Crippen molar-refractivity contribution in [1.29, 1.82) is 0 Å². The number of carbonyl (C=O) groups excluding carboxylic acids is 1. The standard InChI is InChI=1S/C19H24N2O4/c1-5-25-19(22)21-8-6-7-15-14(11-21)12(2)13-9-17(23-3)18(24-4)10-16(13)20-15/h9-10H,5-8,11H2,1-4H3. The summed E-state index contributed by atoms with van der Waals surface area (Å²) in [4.78, 5) is 18.8. The summed E-state index contributed by atoms with van der Waals surface area (Å²) in [6, 6.07) is 3.87. The van der Waals surface area contributed by atoms with E-state index < -0.39 is 0 Å². The third-order valence-electron chi connectivity index (χ3n) is 4.68. The molecule has 0 N–H and O–H groups in total. The van der Waals surface area contributed by atoms with Crippen LogP contribution in [0.1, 0.15) is 30.2 Å². The number of carbonyl (C=O) groups is 1. The zero-order valence-electron chi connectivity index (χ0n) is 15.2. The van der Waals surface area contributed by atoms with Gasteiger partial charge in [-0.25, -0.2) is 4.79 Å². The van der Waals surface area contributed by atoms with Gasteiger partial charge in [0.15, 0.2) is 11.5 Å². The van der Waals surface area contributed by atoms with Gasteiger partial charge in [-0.05, 0) is 43.9 Å². The van der Waals surface area contributed by atoms with E-state index in [-0.39, 0.29) is 6.09 Å². The number of ether oxygens (including phenoxy) is 3. The highest BCUT2D eigenvalue weighted by atomic mass is 16.6. The molecule has 0 radical (unpaired) electrons. The molecule has 0 atom stereocenters. The maximum atomic E-state index is 12.2. The molecule has 0 fully saturated rings. The van der Waals surface area contributed by atoms with Crippen molar-refractivity contribution in [2.45, 2.75) is 33.2 Å². The molecule has 0 unspecified atom stereocenters. The maximum absolute atomic E-state index is 12.2. The van der Waals surface area contributed by atoms with Crippen LogP contribution in [0.4, 0.5) is 4.79 Å². The van der Waals surface area contributed by atoms with Crippen LogP contribution < -0.4 is 9.47 Å². The second kappa shape index (κ2) is 7.17. The summed E-state index contributed by atoms with van der Waals surface area (Å²) in [7, 11) is 3.25. The van der Waals surface area contributed by atoms with Gasteiger partial charge in [-0.2, -0.15) is 0 Å². The Bertz CT molecular complexity index is 804. The number of benzene rings is 1. The quantitative estimate of drug-likeness (QED) is 0.853. The van der Waals surface area contributed by atoms with Crippen molar-refractivity contribution < 1.29 is 19.0 Å². The van der Waals surface area contributed by atoms with Crippen molar-refractivity contribution in [3.05, 3.63) is 29.0 Å². The highest BCUT2D eigenvalue weighted by Gasteiger charge is 2.23. The molecule has 1 amide bonds. The van der Waals surface area contributed by atoms with Crippen LogP contribution in [-0.2, 0) is 17.7 Å². The molecule has 0 aliphatic carbocycles. The molecule has 0 saturated heterocycles. The fourth-order valence-electron chi connectivity index (χ4n) is 3.35. The van der Waals surface area contributed by atoms with E-state index >= 15 is 0 Å². The first-order chi connectivity index (χ1) is 12.1. The Labute approximate surface area is 147 Å². The maximum Gasteiger partial charge on any atom is 0.410 e. The zero-order chi connectivity index (χ0) is 18.0. The average Bonchev–Trinajstić information content (AvgIpc) is 2.84. The first-order valence-corrected chi connectivity index (χ1v) is 8.54. The largest absolute Gasteiger partial charge is 0.493 e. The summed E-state index contributed by atoms with van der Waals surface area (Å²) in [5.41, 5.74) is 4.16. The van der Waals surface area contributed by atoms with Gasteiger partial charge in [-0.1, -0.05) is 0 Å². The Morgan fingerprint density at radius 1 is 1.24 bits per heavy atom. The normalized spacial score (nSPS) is 14.0. The lowest BCUT2D eigenvalue weighted by molar-refractivity contribution is 0.105. The van der Waals surface area contributed by atoms with E-state index in [1.807, 2.05) is 19.1 Å². The van der Waals surface area contributed by atoms with Crippen molar-refractivity contribution in [3.8, 4) is 11.5 Å². The number of hydrogen-bond acceptors (Lipinski definition) is 5. The number of nitrogens with zero attached hydrogens (tertiary/aromatic N) is 2. The lowest BCUT2D eigenvalue weighted by atomic mass is 9.99. The number of hydrogen-bond donors (Lipinski definition) is 0. The summed E-state index contributed by atoms with van der Waals surface area (Å²) in [5, 5.41) is 1.02. The van der Waals surface area contributed by atoms with Crippen LogP contribution >= 0.6 is 0 Å². The summed E-state index contributed by atoms with van der Waals surface area (Å²) in [6.07, 6.45) is 1.45. The van der Waals surface area contributed by atoms with E-state index in [4.69, 9.17) is 19.2 Å². The molecule has 2 heterocycles. The van der Waals surface area contributed by atoms with Gasteiger partial charge in [0.25, 0.3) is 0 Å². The molecule has 1 aliphatic heterocycles. The molecule has 6 heteroatoms. The van der Waals surface area contributed by atoms with Gasteiger partial charge in [-0.3, -0.25) is 4.98 Å². The second-order valence-corrected chi connectivity index (χ2v) is 6.11. The van der Waals surface area contributed by atoms with Crippen LogP contribution in [0.15, 0.2) is 12.1 Å². The van der Waals surface area contributed by atoms with Gasteiger partial charge in [0.1, 0.15) is 0 Å². The Hall–Kier alpha value is -2.50. The van der Waals surface area contributed by atoms with E-state index in [0.29, 0.717) is 31.2 Å². The van der Waals surface area contributed by atoms with Crippen LogP contribution in [0, 0.1) is 6.92 Å². The summed E-state index contributed by atoms with van der Waals surface area (Å²) in [6.45, 7) is 5.48. The topological polar surface area (TPSA) is 60.9 Å². The third kappa shape index (κ3) is 3.21. The summed E-state index contributed by atoms with van der Waals surface area (Å²) >= 11 is 0. The predicted molar refractivity (Wildman–Crippen MR) is 95.3 cm³/mol. The molecule has 25 heavy (non-hydrogen) atoms. The minimum Gasteiger partial charge on any atom is -0.493 e. The first-order valence-electron chi connectivity index (χ1n) is 8.54. The zero-order valence-corrected chi connectivity index (χ0v) is 15.2. The average molecular weight is 344 g/mol. The predicted octanol–water partition coefficient (Wildman–Crippen LogP) is 3.47. The number of rotatable bonds is 3. The third-order valence-corrected chi connectivity index (χ3v) is 4.68. The molecular formula is C19H24N2O4. The molecule has 3 rings (SSSR count). The van der Waals surface area contributed by atoms with Crippen LogP contribution in [0.5, 0.6) is 11.5 Å². The van der Waals surface area contributed by atoms with Crippen LogP contribution in [0.2, 0.25) is 0 Å². The SMILES string of the molecule is CCOC(=O)N1CCCc2nc3cc(OC)c(OC)cc3c(C)c2C1. The second-order valence-electron chi connectivity index (χ2n) is 6.11. The van der Waals surface area contributed by atoms with Gasteiger partial charge in [0.2, 0.25) is 0 Å². The fourth-order valence-corrected chi connectivity index (χ4v) is 3.35. The molecule has 6 nitrogen and oxygen atoms in total. The van der Waals surface area contributed by atoms with E-state index in [1.165, 1.54) is 0 Å². The van der Waals surface area contributed by atoms with Crippen molar-refractivity contribution >= 4 is 17.0 Å². The van der Waals surface area contributed by atoms with Gasteiger partial charge in [-0.15, -0.1) is 0 Å². The van der Waals surface area contributed by atoms with Crippen molar-refractivity contribution in [3.63, 3.8) is 0 Å². The Morgan fingerprint density at radius 3 is 2.64 bits per heavy atom. The summed E-state index contributed by atoms with van der Waals surface area (Å²) < 4.78 is 16.0. The first kappa shape index (κ1) is 17.3. The van der Waals surface area contributed by atoms with E-state index in [0.717, 1.165) is 40.6 Å². The smallest absolute Gasteiger partial charge is 0.410 e. The highest BCUT2D eigenvalue weighted by molar-refractivity contribution is 5.87. The van der Waals surface area contributed by atoms with Crippen LogP contribution in [-0.4, -0.2) is 43.3 Å². The van der Waals surface area contributed by atoms with Gasteiger partial charge in [0.05, 0.1) is 32.9 Å². The molecule has 1 aromatic heterocycles. The monoisotopic (exact) mass is 344 g/mol. The molecule has 0 spiro atoms. The van der Waals surface area contributed by atoms with Gasteiger partial charge >= 0.3 is 6.09 Å². The minimum atomic E-state index is -0.262. The van der Waals surface area contributed by atoms with E-state index in [2.05, 4.69) is 6.92 Å². The van der Waals surface area contributed by atoms with Crippen molar-refractivity contribution in [2.75, 3.05) is 27.4 Å². The molecule has 134 valence electrons. The Kier molecular flexibility index (Phi) is 4.97. The Balaban J connectivity index is 2.09.